The van der Waals surface area contributed by atoms with Crippen LogP contribution in [0.2, 0.25) is 0 Å². The minimum absolute atomic E-state index is 0.106. The highest BCUT2D eigenvalue weighted by molar-refractivity contribution is 5.92. The molecular formula is C27H19NO5. The van der Waals surface area contributed by atoms with Gasteiger partial charge in [0, 0.05) is 17.3 Å². The van der Waals surface area contributed by atoms with Crippen molar-refractivity contribution in [3.05, 3.63) is 108 Å². The van der Waals surface area contributed by atoms with Crippen LogP contribution in [0.25, 0.3) is 22.3 Å². The van der Waals surface area contributed by atoms with Crippen LogP contribution in [-0.2, 0) is 0 Å². The number of hydrogen-bond donors (Lipinski definition) is 3. The third-order valence-electron chi connectivity index (χ3n) is 5.19. The van der Waals surface area contributed by atoms with Crippen molar-refractivity contribution in [3.63, 3.8) is 0 Å². The second-order valence-electron chi connectivity index (χ2n) is 7.31. The van der Waals surface area contributed by atoms with Gasteiger partial charge in [-0.05, 0) is 59.2 Å². The summed E-state index contributed by atoms with van der Waals surface area (Å²) in [7, 11) is 0. The van der Waals surface area contributed by atoms with Gasteiger partial charge in [0.2, 0.25) is 0 Å². The van der Waals surface area contributed by atoms with E-state index in [9.17, 15) is 14.7 Å². The second-order valence-corrected chi connectivity index (χ2v) is 7.31. The topological polar surface area (TPSA) is 107 Å². The molecule has 162 valence electrons. The number of nitrogens with zero attached hydrogens (tertiary/aromatic N) is 1. The van der Waals surface area contributed by atoms with Gasteiger partial charge in [-0.25, -0.2) is 9.59 Å². The van der Waals surface area contributed by atoms with Gasteiger partial charge < -0.3 is 15.3 Å². The molecule has 0 atom stereocenters. The average Bonchev–Trinajstić information content (AvgIpc) is 2.83. The highest BCUT2D eigenvalue weighted by Crippen LogP contribution is 2.35. The fourth-order valence-electron chi connectivity index (χ4n) is 3.40. The van der Waals surface area contributed by atoms with Crippen LogP contribution in [0.15, 0.2) is 96.0 Å². The van der Waals surface area contributed by atoms with E-state index in [2.05, 4.69) is 4.99 Å². The zero-order valence-electron chi connectivity index (χ0n) is 17.3. The Morgan fingerprint density at radius 3 is 1.79 bits per heavy atom. The zero-order valence-corrected chi connectivity index (χ0v) is 17.3. The highest BCUT2D eigenvalue weighted by atomic mass is 16.4. The number of para-hydroxylation sites is 1. The normalized spacial score (nSPS) is 10.9. The number of carboxylic acid groups (broad SMARTS) is 2. The number of hydrogen-bond acceptors (Lipinski definition) is 4. The van der Waals surface area contributed by atoms with Crippen LogP contribution in [0, 0.1) is 0 Å². The van der Waals surface area contributed by atoms with Gasteiger partial charge in [0.15, 0.2) is 0 Å². The number of aromatic hydroxyl groups is 1. The summed E-state index contributed by atoms with van der Waals surface area (Å²) in [5, 5.41) is 28.4. The first kappa shape index (κ1) is 21.5. The molecule has 0 aliphatic rings. The summed E-state index contributed by atoms with van der Waals surface area (Å²) in [6.45, 7) is 0. The van der Waals surface area contributed by atoms with Crippen LogP contribution in [0.5, 0.6) is 5.75 Å². The molecule has 0 unspecified atom stereocenters. The first-order chi connectivity index (χ1) is 15.9. The van der Waals surface area contributed by atoms with Crippen molar-refractivity contribution in [2.75, 3.05) is 0 Å². The van der Waals surface area contributed by atoms with Crippen LogP contribution in [0.4, 0.5) is 5.69 Å². The lowest BCUT2D eigenvalue weighted by Crippen LogP contribution is -1.95. The first-order valence-corrected chi connectivity index (χ1v) is 10.1. The van der Waals surface area contributed by atoms with Crippen molar-refractivity contribution in [3.8, 4) is 28.0 Å². The number of aromatic carboxylic acids is 2. The molecular weight excluding hydrogens is 418 g/mol. The molecule has 0 fully saturated rings. The molecule has 4 rings (SSSR count). The largest absolute Gasteiger partial charge is 0.507 e. The molecule has 0 radical (unpaired) electrons. The summed E-state index contributed by atoms with van der Waals surface area (Å²) in [6, 6.07) is 25.6. The van der Waals surface area contributed by atoms with Crippen molar-refractivity contribution in [2.45, 2.75) is 0 Å². The molecule has 0 aliphatic carbocycles. The van der Waals surface area contributed by atoms with Crippen LogP contribution in [-0.4, -0.2) is 33.5 Å². The number of phenolic OH excluding ortho intramolecular Hbond substituents is 1. The summed E-state index contributed by atoms with van der Waals surface area (Å²) in [5.74, 6) is -1.89. The van der Waals surface area contributed by atoms with Gasteiger partial charge in [-0.15, -0.1) is 0 Å². The van der Waals surface area contributed by atoms with E-state index < -0.39 is 11.9 Å². The average molecular weight is 437 g/mol. The Labute approximate surface area is 189 Å². The van der Waals surface area contributed by atoms with Gasteiger partial charge in [-0.1, -0.05) is 48.5 Å². The number of carboxylic acids is 2. The third-order valence-corrected chi connectivity index (χ3v) is 5.19. The molecule has 0 spiro atoms. The lowest BCUT2D eigenvalue weighted by molar-refractivity contribution is 0.0686. The monoisotopic (exact) mass is 437 g/mol. The quantitative estimate of drug-likeness (QED) is 0.327. The number of carbonyl (C=O) groups is 2. The van der Waals surface area contributed by atoms with E-state index >= 15 is 0 Å². The first-order valence-electron chi connectivity index (χ1n) is 10.1. The van der Waals surface area contributed by atoms with Crippen LogP contribution in [0.3, 0.4) is 0 Å². The lowest BCUT2D eigenvalue weighted by Gasteiger charge is -2.10. The van der Waals surface area contributed by atoms with E-state index in [1.807, 2.05) is 18.2 Å². The van der Waals surface area contributed by atoms with E-state index in [0.717, 1.165) is 22.3 Å². The predicted molar refractivity (Wildman–Crippen MR) is 127 cm³/mol. The molecule has 0 aliphatic heterocycles. The summed E-state index contributed by atoms with van der Waals surface area (Å²) >= 11 is 0. The van der Waals surface area contributed by atoms with Crippen molar-refractivity contribution in [2.24, 2.45) is 4.99 Å². The Balaban J connectivity index is 1.79. The SMILES string of the molecule is O=C(O)c1ccc(-c2ccc(-c3ccc(C(=O)O)cc3)c(N=Cc3ccccc3O)c2)cc1. The minimum Gasteiger partial charge on any atom is -0.507 e. The molecule has 3 N–H and O–H groups in total. The number of aliphatic imine (C=N–C) groups is 1. The third kappa shape index (κ3) is 4.80. The number of phenols is 1. The Hall–Kier alpha value is -4.71. The Morgan fingerprint density at radius 2 is 1.21 bits per heavy atom. The van der Waals surface area contributed by atoms with Gasteiger partial charge in [-0.2, -0.15) is 0 Å². The molecule has 0 bridgehead atoms. The van der Waals surface area contributed by atoms with Crippen LogP contribution in [0.1, 0.15) is 26.3 Å². The van der Waals surface area contributed by atoms with Gasteiger partial charge in [-0.3, -0.25) is 4.99 Å². The van der Waals surface area contributed by atoms with Crippen molar-refractivity contribution < 1.29 is 24.9 Å². The number of rotatable bonds is 6. The van der Waals surface area contributed by atoms with Gasteiger partial charge in [0.1, 0.15) is 5.75 Å². The molecule has 33 heavy (non-hydrogen) atoms. The van der Waals surface area contributed by atoms with E-state index in [1.54, 1.807) is 66.9 Å². The summed E-state index contributed by atoms with van der Waals surface area (Å²) in [4.78, 5) is 26.9. The number of benzene rings is 4. The maximum absolute atomic E-state index is 11.2. The summed E-state index contributed by atoms with van der Waals surface area (Å²) in [6.07, 6.45) is 1.57. The van der Waals surface area contributed by atoms with E-state index in [4.69, 9.17) is 10.2 Å². The Bertz CT molecular complexity index is 1360. The second kappa shape index (κ2) is 9.20. The van der Waals surface area contributed by atoms with Crippen molar-refractivity contribution in [1.29, 1.82) is 0 Å². The van der Waals surface area contributed by atoms with Gasteiger partial charge in [0.05, 0.1) is 16.8 Å². The molecule has 0 saturated heterocycles. The molecule has 6 heteroatoms. The fraction of sp³-hybridized carbons (Fsp3) is 0. The van der Waals surface area contributed by atoms with Gasteiger partial charge >= 0.3 is 11.9 Å². The predicted octanol–water partition coefficient (Wildman–Crippen LogP) is 5.87. The van der Waals surface area contributed by atoms with Crippen molar-refractivity contribution >= 4 is 23.8 Å². The molecule has 6 nitrogen and oxygen atoms in total. The summed E-state index contributed by atoms with van der Waals surface area (Å²) < 4.78 is 0. The zero-order chi connectivity index (χ0) is 23.4. The van der Waals surface area contributed by atoms with E-state index in [-0.39, 0.29) is 16.9 Å². The van der Waals surface area contributed by atoms with Gasteiger partial charge in [0.25, 0.3) is 0 Å². The highest BCUT2D eigenvalue weighted by Gasteiger charge is 2.10. The summed E-state index contributed by atoms with van der Waals surface area (Å²) in [5.41, 5.74) is 4.79. The smallest absolute Gasteiger partial charge is 0.335 e. The standard InChI is InChI=1S/C27H19NO5/c29-25-4-2-1-3-22(25)16-28-24-15-21(17-5-9-19(10-6-17)26(30)31)13-14-23(24)18-7-11-20(12-8-18)27(32)33/h1-16,29H,(H,30,31)(H,32,33). The van der Waals surface area contributed by atoms with E-state index in [0.29, 0.717) is 11.3 Å². The Kier molecular flexibility index (Phi) is 6.00. The lowest BCUT2D eigenvalue weighted by atomic mass is 9.97. The molecule has 0 amide bonds. The maximum Gasteiger partial charge on any atom is 0.335 e. The fourth-order valence-corrected chi connectivity index (χ4v) is 3.40. The molecule has 0 aromatic heterocycles. The van der Waals surface area contributed by atoms with Crippen LogP contribution >= 0.6 is 0 Å². The van der Waals surface area contributed by atoms with Crippen molar-refractivity contribution in [1.82, 2.24) is 0 Å². The van der Waals surface area contributed by atoms with Crippen LogP contribution < -0.4 is 0 Å². The minimum atomic E-state index is -1.00. The Morgan fingerprint density at radius 1 is 0.667 bits per heavy atom. The molecule has 4 aromatic carbocycles. The maximum atomic E-state index is 11.2. The molecule has 4 aromatic rings. The molecule has 0 heterocycles. The van der Waals surface area contributed by atoms with E-state index in [1.165, 1.54) is 12.1 Å². The molecule has 0 saturated carbocycles.